The summed E-state index contributed by atoms with van der Waals surface area (Å²) in [4.78, 5) is 13.2. The highest BCUT2D eigenvalue weighted by atomic mass is 32.1. The number of hydrogen-bond acceptors (Lipinski definition) is 6. The van der Waals surface area contributed by atoms with Crippen molar-refractivity contribution >= 4 is 27.4 Å². The van der Waals surface area contributed by atoms with Crippen LogP contribution < -0.4 is 4.90 Å². The molecule has 4 heterocycles. The Hall–Kier alpha value is -2.02. The Kier molecular flexibility index (Phi) is 4.34. The molecule has 0 amide bonds. The van der Waals surface area contributed by atoms with Crippen LogP contribution in [0, 0.1) is 0 Å². The number of hydrogen-bond donors (Lipinski definition) is 1. The van der Waals surface area contributed by atoms with Gasteiger partial charge in [-0.25, -0.2) is 9.97 Å². The first kappa shape index (κ1) is 17.1. The van der Waals surface area contributed by atoms with Crippen molar-refractivity contribution in [2.45, 2.75) is 50.5 Å². The number of fused-ring (bicyclic) bond motifs is 3. The van der Waals surface area contributed by atoms with Gasteiger partial charge in [0.1, 0.15) is 17.3 Å². The van der Waals surface area contributed by atoms with Gasteiger partial charge in [-0.2, -0.15) is 0 Å². The molecule has 0 spiro atoms. The van der Waals surface area contributed by atoms with Crippen molar-refractivity contribution in [3.05, 3.63) is 41.5 Å². The van der Waals surface area contributed by atoms with E-state index >= 15 is 0 Å². The van der Waals surface area contributed by atoms with Crippen LogP contribution in [-0.2, 0) is 11.3 Å². The molecule has 5 nitrogen and oxygen atoms in total. The first-order valence-electron chi connectivity index (χ1n) is 9.53. The van der Waals surface area contributed by atoms with E-state index in [-0.39, 0.29) is 6.10 Å². The maximum Gasteiger partial charge on any atom is 0.158 e. The molecule has 140 valence electrons. The van der Waals surface area contributed by atoms with Crippen LogP contribution in [0.2, 0.25) is 0 Å². The highest BCUT2D eigenvalue weighted by Gasteiger charge is 2.42. The van der Waals surface area contributed by atoms with Crippen LogP contribution in [-0.4, -0.2) is 40.4 Å². The molecular weight excluding hydrogens is 358 g/mol. The Balaban J connectivity index is 1.70. The second-order valence-electron chi connectivity index (χ2n) is 7.51. The van der Waals surface area contributed by atoms with E-state index in [0.717, 1.165) is 47.5 Å². The standard InChI is InChI=1S/C21H23N3O2S/c1-26-11-18-22-20(24-14-7-8-15(24)10-16(25)9-14)19-17(12-27-21(19)23-18)13-5-3-2-4-6-13/h2-6,12,14-16,25H,7-11H2,1H3. The predicted molar refractivity (Wildman–Crippen MR) is 108 cm³/mol. The fraction of sp³-hybridized carbons (Fsp3) is 0.429. The van der Waals surface area contributed by atoms with Crippen molar-refractivity contribution in [2.75, 3.05) is 12.0 Å². The summed E-state index contributed by atoms with van der Waals surface area (Å²) in [6, 6.07) is 11.2. The van der Waals surface area contributed by atoms with E-state index in [0.29, 0.717) is 18.7 Å². The Morgan fingerprint density at radius 2 is 1.89 bits per heavy atom. The van der Waals surface area contributed by atoms with Crippen LogP contribution in [0.1, 0.15) is 31.5 Å². The van der Waals surface area contributed by atoms with Crippen LogP contribution in [0.5, 0.6) is 0 Å². The predicted octanol–water partition coefficient (Wildman–Crippen LogP) is 4.00. The van der Waals surface area contributed by atoms with Crippen LogP contribution >= 0.6 is 11.3 Å². The van der Waals surface area contributed by atoms with Crippen LogP contribution in [0.3, 0.4) is 0 Å². The van der Waals surface area contributed by atoms with Gasteiger partial charge in [0.15, 0.2) is 5.82 Å². The molecule has 6 heteroatoms. The zero-order chi connectivity index (χ0) is 18.4. The average molecular weight is 382 g/mol. The lowest BCUT2D eigenvalue weighted by Crippen LogP contribution is -2.45. The molecule has 2 unspecified atom stereocenters. The van der Waals surface area contributed by atoms with Crippen molar-refractivity contribution in [1.82, 2.24) is 9.97 Å². The number of nitrogens with zero attached hydrogens (tertiary/aromatic N) is 3. The quantitative estimate of drug-likeness (QED) is 0.740. The Bertz CT molecular complexity index is 945. The molecular formula is C21H23N3O2S. The SMILES string of the molecule is COCc1nc(N2C3CCC2CC(O)C3)c2c(-c3ccccc3)csc2n1. The third-order valence-corrected chi connectivity index (χ3v) is 6.64. The second kappa shape index (κ2) is 6.86. The van der Waals surface area contributed by atoms with Gasteiger partial charge in [0.25, 0.3) is 0 Å². The lowest BCUT2D eigenvalue weighted by molar-refractivity contribution is 0.126. The third-order valence-electron chi connectivity index (χ3n) is 5.77. The molecule has 2 fully saturated rings. The summed E-state index contributed by atoms with van der Waals surface area (Å²) in [5, 5.41) is 13.6. The van der Waals surface area contributed by atoms with E-state index in [4.69, 9.17) is 14.7 Å². The number of thiophene rings is 1. The van der Waals surface area contributed by atoms with E-state index in [1.807, 2.05) is 6.07 Å². The molecule has 3 aromatic rings. The highest BCUT2D eigenvalue weighted by Crippen LogP contribution is 2.45. The Morgan fingerprint density at radius 1 is 1.15 bits per heavy atom. The number of piperidine rings is 1. The van der Waals surface area contributed by atoms with Gasteiger partial charge < -0.3 is 14.7 Å². The van der Waals surface area contributed by atoms with Gasteiger partial charge in [-0.3, -0.25) is 0 Å². The summed E-state index contributed by atoms with van der Waals surface area (Å²) in [7, 11) is 1.68. The number of methoxy groups -OCH3 is 1. The number of aromatic nitrogens is 2. The number of anilines is 1. The van der Waals surface area contributed by atoms with E-state index in [9.17, 15) is 5.11 Å². The maximum absolute atomic E-state index is 10.2. The zero-order valence-electron chi connectivity index (χ0n) is 15.3. The molecule has 2 aromatic heterocycles. The summed E-state index contributed by atoms with van der Waals surface area (Å²) in [6.07, 6.45) is 3.71. The lowest BCUT2D eigenvalue weighted by Gasteiger charge is -2.38. The minimum atomic E-state index is -0.189. The first-order chi connectivity index (χ1) is 13.2. The van der Waals surface area contributed by atoms with Gasteiger partial charge in [-0.1, -0.05) is 30.3 Å². The van der Waals surface area contributed by atoms with E-state index in [2.05, 4.69) is 34.5 Å². The summed E-state index contributed by atoms with van der Waals surface area (Å²) in [5.41, 5.74) is 2.39. The van der Waals surface area contributed by atoms with E-state index in [1.165, 1.54) is 11.1 Å². The van der Waals surface area contributed by atoms with Gasteiger partial charge in [0, 0.05) is 30.1 Å². The van der Waals surface area contributed by atoms with Crippen LogP contribution in [0.4, 0.5) is 5.82 Å². The zero-order valence-corrected chi connectivity index (χ0v) is 16.2. The molecule has 0 aliphatic carbocycles. The van der Waals surface area contributed by atoms with Crippen molar-refractivity contribution in [3.63, 3.8) is 0 Å². The Morgan fingerprint density at radius 3 is 2.59 bits per heavy atom. The molecule has 2 aliphatic rings. The number of benzene rings is 1. The molecule has 0 saturated carbocycles. The van der Waals surface area contributed by atoms with Crippen molar-refractivity contribution in [1.29, 1.82) is 0 Å². The average Bonchev–Trinajstić information content (AvgIpc) is 3.21. The first-order valence-corrected chi connectivity index (χ1v) is 10.4. The van der Waals surface area contributed by atoms with Crippen LogP contribution in [0.15, 0.2) is 35.7 Å². The smallest absolute Gasteiger partial charge is 0.158 e. The molecule has 2 bridgehead atoms. The molecule has 2 saturated heterocycles. The van der Waals surface area contributed by atoms with Gasteiger partial charge >= 0.3 is 0 Å². The topological polar surface area (TPSA) is 58.5 Å². The fourth-order valence-corrected chi connectivity index (χ4v) is 5.63. The number of ether oxygens (including phenoxy) is 1. The van der Waals surface area contributed by atoms with Gasteiger partial charge in [0.05, 0.1) is 11.5 Å². The van der Waals surface area contributed by atoms with Crippen molar-refractivity contribution < 1.29 is 9.84 Å². The summed E-state index contributed by atoms with van der Waals surface area (Å²) >= 11 is 1.67. The molecule has 5 rings (SSSR count). The molecule has 1 N–H and O–H groups in total. The fourth-order valence-electron chi connectivity index (χ4n) is 4.67. The van der Waals surface area contributed by atoms with Crippen molar-refractivity contribution in [3.8, 4) is 11.1 Å². The van der Waals surface area contributed by atoms with Crippen LogP contribution in [0.25, 0.3) is 21.3 Å². The van der Waals surface area contributed by atoms with Gasteiger partial charge in [-0.15, -0.1) is 11.3 Å². The number of rotatable bonds is 4. The number of aliphatic hydroxyl groups is 1. The summed E-state index contributed by atoms with van der Waals surface area (Å²) < 4.78 is 5.32. The molecule has 27 heavy (non-hydrogen) atoms. The molecule has 1 aromatic carbocycles. The van der Waals surface area contributed by atoms with E-state index < -0.39 is 0 Å². The summed E-state index contributed by atoms with van der Waals surface area (Å²) in [5.74, 6) is 1.75. The molecule has 2 aliphatic heterocycles. The van der Waals surface area contributed by atoms with Crippen molar-refractivity contribution in [2.24, 2.45) is 0 Å². The van der Waals surface area contributed by atoms with Gasteiger partial charge in [0.2, 0.25) is 0 Å². The molecule has 2 atom stereocenters. The summed E-state index contributed by atoms with van der Waals surface area (Å²) in [6.45, 7) is 0.410. The highest BCUT2D eigenvalue weighted by molar-refractivity contribution is 7.17. The van der Waals surface area contributed by atoms with E-state index in [1.54, 1.807) is 18.4 Å². The minimum absolute atomic E-state index is 0.189. The lowest BCUT2D eigenvalue weighted by atomic mass is 9.98. The third kappa shape index (κ3) is 2.92. The minimum Gasteiger partial charge on any atom is -0.393 e. The number of aliphatic hydroxyl groups excluding tert-OH is 1. The molecule has 0 radical (unpaired) electrons. The largest absolute Gasteiger partial charge is 0.393 e. The normalized spacial score (nSPS) is 24.7. The second-order valence-corrected chi connectivity index (χ2v) is 8.37. The Labute approximate surface area is 162 Å². The maximum atomic E-state index is 10.2. The van der Waals surface area contributed by atoms with Gasteiger partial charge in [-0.05, 0) is 31.2 Å². The monoisotopic (exact) mass is 381 g/mol.